The van der Waals surface area contributed by atoms with Crippen LogP contribution in [0.1, 0.15) is 17.2 Å². The van der Waals surface area contributed by atoms with E-state index in [1.807, 2.05) is 30.3 Å². The molecule has 0 radical (unpaired) electrons. The molecule has 5 heteroatoms. The molecule has 0 aromatic heterocycles. The number of thiol groups is 1. The molecule has 0 aliphatic carbocycles. The highest BCUT2D eigenvalue weighted by Gasteiger charge is 2.20. The maximum atomic E-state index is 9.93. The van der Waals surface area contributed by atoms with Crippen LogP contribution in [0.3, 0.4) is 0 Å². The molecule has 21 heavy (non-hydrogen) atoms. The Hall–Kier alpha value is -1.69. The van der Waals surface area contributed by atoms with Crippen LogP contribution in [0.2, 0.25) is 0 Å². The van der Waals surface area contributed by atoms with Crippen molar-refractivity contribution in [2.45, 2.75) is 18.8 Å². The fourth-order valence-corrected chi connectivity index (χ4v) is 2.11. The third kappa shape index (κ3) is 4.14. The maximum Gasteiger partial charge on any atom is 0.125 e. The van der Waals surface area contributed by atoms with E-state index in [1.165, 1.54) is 12.1 Å². The zero-order valence-corrected chi connectivity index (χ0v) is 12.3. The van der Waals surface area contributed by atoms with Crippen LogP contribution >= 0.6 is 12.6 Å². The molecule has 0 saturated heterocycles. The van der Waals surface area contributed by atoms with Gasteiger partial charge in [0.05, 0.1) is 6.10 Å². The molecule has 2 rings (SSSR count). The Morgan fingerprint density at radius 1 is 1.05 bits per heavy atom. The summed E-state index contributed by atoms with van der Waals surface area (Å²) >= 11 is 3.92. The van der Waals surface area contributed by atoms with E-state index in [0.29, 0.717) is 12.4 Å². The summed E-state index contributed by atoms with van der Waals surface area (Å²) in [6.07, 6.45) is -2.21. The Morgan fingerprint density at radius 3 is 2.38 bits per heavy atom. The molecule has 2 unspecified atom stereocenters. The zero-order valence-electron chi connectivity index (χ0n) is 11.4. The predicted molar refractivity (Wildman–Crippen MR) is 83.7 cm³/mol. The van der Waals surface area contributed by atoms with Crippen molar-refractivity contribution in [1.82, 2.24) is 0 Å². The van der Waals surface area contributed by atoms with Crippen LogP contribution in [0.25, 0.3) is 0 Å². The van der Waals surface area contributed by atoms with Crippen molar-refractivity contribution in [3.8, 4) is 11.5 Å². The molecule has 0 aliphatic rings. The highest BCUT2D eigenvalue weighted by Crippen LogP contribution is 2.30. The van der Waals surface area contributed by atoms with Crippen LogP contribution in [0.5, 0.6) is 11.5 Å². The molecule has 2 aromatic rings. The second-order valence-electron chi connectivity index (χ2n) is 4.69. The van der Waals surface area contributed by atoms with E-state index < -0.39 is 12.2 Å². The topological polar surface area (TPSA) is 69.9 Å². The smallest absolute Gasteiger partial charge is 0.125 e. The molecule has 0 spiro atoms. The van der Waals surface area contributed by atoms with E-state index >= 15 is 0 Å². The molecule has 4 nitrogen and oxygen atoms in total. The van der Waals surface area contributed by atoms with Crippen molar-refractivity contribution in [2.24, 2.45) is 0 Å². The largest absolute Gasteiger partial charge is 0.507 e. The van der Waals surface area contributed by atoms with Gasteiger partial charge in [-0.1, -0.05) is 30.3 Å². The molecule has 2 atom stereocenters. The SMILES string of the molecule is Oc1cc(OCc2ccccc2)ccc1C(O)C(O)CS. The summed E-state index contributed by atoms with van der Waals surface area (Å²) < 4.78 is 5.58. The Labute approximate surface area is 129 Å². The van der Waals surface area contributed by atoms with Crippen molar-refractivity contribution >= 4 is 12.6 Å². The zero-order chi connectivity index (χ0) is 15.2. The van der Waals surface area contributed by atoms with Crippen LogP contribution in [0.15, 0.2) is 48.5 Å². The minimum Gasteiger partial charge on any atom is -0.507 e. The second-order valence-corrected chi connectivity index (χ2v) is 5.05. The number of hydrogen-bond donors (Lipinski definition) is 4. The van der Waals surface area contributed by atoms with Crippen LogP contribution in [-0.4, -0.2) is 27.2 Å². The van der Waals surface area contributed by atoms with Crippen molar-refractivity contribution in [3.05, 3.63) is 59.7 Å². The quantitative estimate of drug-likeness (QED) is 0.618. The van der Waals surface area contributed by atoms with Gasteiger partial charge in [0, 0.05) is 17.4 Å². The molecule has 0 heterocycles. The number of aromatic hydroxyl groups is 1. The summed E-state index contributed by atoms with van der Waals surface area (Å²) in [5.74, 6) is 0.480. The van der Waals surface area contributed by atoms with Gasteiger partial charge in [0.2, 0.25) is 0 Å². The Morgan fingerprint density at radius 2 is 1.76 bits per heavy atom. The summed E-state index contributed by atoms with van der Waals surface area (Å²) in [5, 5.41) is 29.4. The van der Waals surface area contributed by atoms with Crippen LogP contribution in [0, 0.1) is 0 Å². The predicted octanol–water partition coefficient (Wildman–Crippen LogP) is 2.30. The van der Waals surface area contributed by atoms with Gasteiger partial charge >= 0.3 is 0 Å². The molecule has 3 N–H and O–H groups in total. The molecule has 0 aliphatic heterocycles. The minimum absolute atomic E-state index is 0.104. The first-order chi connectivity index (χ1) is 10.1. The first-order valence-electron chi connectivity index (χ1n) is 6.58. The summed E-state index contributed by atoms with van der Waals surface area (Å²) in [4.78, 5) is 0. The van der Waals surface area contributed by atoms with Gasteiger partial charge in [-0.3, -0.25) is 0 Å². The molecule has 0 saturated carbocycles. The Balaban J connectivity index is 2.05. The molecular weight excluding hydrogens is 288 g/mol. The Kier molecular flexibility index (Phi) is 5.50. The molecule has 2 aromatic carbocycles. The van der Waals surface area contributed by atoms with Gasteiger partial charge in [-0.25, -0.2) is 0 Å². The van der Waals surface area contributed by atoms with E-state index in [-0.39, 0.29) is 17.1 Å². The number of phenols is 1. The third-order valence-corrected chi connectivity index (χ3v) is 3.49. The van der Waals surface area contributed by atoms with Gasteiger partial charge in [-0.05, 0) is 17.7 Å². The summed E-state index contributed by atoms with van der Waals surface area (Å²) in [7, 11) is 0. The maximum absolute atomic E-state index is 9.93. The number of hydrogen-bond acceptors (Lipinski definition) is 5. The van der Waals surface area contributed by atoms with Gasteiger partial charge in [-0.2, -0.15) is 12.6 Å². The van der Waals surface area contributed by atoms with E-state index in [0.717, 1.165) is 5.56 Å². The fraction of sp³-hybridized carbons (Fsp3) is 0.250. The standard InChI is InChI=1S/C16H18O4S/c17-14-8-12(20-9-11-4-2-1-3-5-11)6-7-13(14)16(19)15(18)10-21/h1-8,15-19,21H,9-10H2. The average molecular weight is 306 g/mol. The minimum atomic E-state index is -1.18. The monoisotopic (exact) mass is 306 g/mol. The summed E-state index contributed by atoms with van der Waals surface area (Å²) in [5.41, 5.74) is 1.27. The summed E-state index contributed by atoms with van der Waals surface area (Å²) in [6, 6.07) is 14.3. The van der Waals surface area contributed by atoms with E-state index in [1.54, 1.807) is 6.07 Å². The van der Waals surface area contributed by atoms with Crippen LogP contribution in [-0.2, 0) is 6.61 Å². The molecule has 0 amide bonds. The first-order valence-corrected chi connectivity index (χ1v) is 7.21. The van der Waals surface area contributed by atoms with Gasteiger partial charge in [-0.15, -0.1) is 0 Å². The van der Waals surface area contributed by atoms with Gasteiger partial charge < -0.3 is 20.1 Å². The van der Waals surface area contributed by atoms with E-state index in [2.05, 4.69) is 12.6 Å². The van der Waals surface area contributed by atoms with Crippen molar-refractivity contribution < 1.29 is 20.1 Å². The van der Waals surface area contributed by atoms with Crippen molar-refractivity contribution in [1.29, 1.82) is 0 Å². The number of ether oxygens (including phenoxy) is 1. The normalized spacial score (nSPS) is 13.7. The van der Waals surface area contributed by atoms with Crippen molar-refractivity contribution in [3.63, 3.8) is 0 Å². The molecule has 0 fully saturated rings. The first kappa shape index (κ1) is 15.7. The number of phenolic OH excluding ortho intramolecular Hbond substituents is 1. The number of benzene rings is 2. The second kappa shape index (κ2) is 7.36. The molecule has 112 valence electrons. The highest BCUT2D eigenvalue weighted by molar-refractivity contribution is 7.80. The summed E-state index contributed by atoms with van der Waals surface area (Å²) in [6.45, 7) is 0.390. The van der Waals surface area contributed by atoms with Crippen LogP contribution in [0.4, 0.5) is 0 Å². The lowest BCUT2D eigenvalue weighted by Crippen LogP contribution is -2.19. The lowest BCUT2D eigenvalue weighted by atomic mass is 10.0. The van der Waals surface area contributed by atoms with Gasteiger partial charge in [0.1, 0.15) is 24.2 Å². The lowest BCUT2D eigenvalue weighted by molar-refractivity contribution is 0.0322. The van der Waals surface area contributed by atoms with Gasteiger partial charge in [0.15, 0.2) is 0 Å². The van der Waals surface area contributed by atoms with E-state index in [4.69, 9.17) is 4.74 Å². The number of aliphatic hydroxyl groups excluding tert-OH is 2. The van der Waals surface area contributed by atoms with E-state index in [9.17, 15) is 15.3 Å². The number of rotatable bonds is 6. The van der Waals surface area contributed by atoms with Crippen molar-refractivity contribution in [2.75, 3.05) is 5.75 Å². The lowest BCUT2D eigenvalue weighted by Gasteiger charge is -2.18. The number of aliphatic hydroxyl groups is 2. The fourth-order valence-electron chi connectivity index (χ4n) is 1.91. The van der Waals surface area contributed by atoms with Crippen LogP contribution < -0.4 is 4.74 Å². The Bertz CT molecular complexity index is 574. The van der Waals surface area contributed by atoms with Gasteiger partial charge in [0.25, 0.3) is 0 Å². The molecule has 0 bridgehead atoms. The third-order valence-electron chi connectivity index (χ3n) is 3.12. The molecular formula is C16H18O4S. The highest BCUT2D eigenvalue weighted by atomic mass is 32.1. The average Bonchev–Trinajstić information content (AvgIpc) is 2.52.